The van der Waals surface area contributed by atoms with E-state index < -0.39 is 10.8 Å². The number of hydrogen-bond acceptors (Lipinski definition) is 4. The Morgan fingerprint density at radius 1 is 1.27 bits per heavy atom. The SMILES string of the molecule is Cc1cn2cc(NC(=O)c3cccc([N+](=O)[O-])c3)ccc2n1. The highest BCUT2D eigenvalue weighted by molar-refractivity contribution is 6.04. The second kappa shape index (κ2) is 5.28. The van der Waals surface area contributed by atoms with Crippen LogP contribution in [0.4, 0.5) is 11.4 Å². The van der Waals surface area contributed by atoms with Crippen molar-refractivity contribution in [3.05, 3.63) is 70.2 Å². The molecule has 22 heavy (non-hydrogen) atoms. The lowest BCUT2D eigenvalue weighted by Gasteiger charge is -2.05. The molecular weight excluding hydrogens is 284 g/mol. The van der Waals surface area contributed by atoms with Gasteiger partial charge in [0.05, 0.1) is 16.3 Å². The molecule has 0 saturated heterocycles. The number of hydrogen-bond donors (Lipinski definition) is 1. The molecule has 1 aromatic carbocycles. The molecule has 0 fully saturated rings. The second-order valence-corrected chi connectivity index (χ2v) is 4.83. The van der Waals surface area contributed by atoms with Gasteiger partial charge in [-0.05, 0) is 25.1 Å². The van der Waals surface area contributed by atoms with E-state index in [1.54, 1.807) is 22.7 Å². The van der Waals surface area contributed by atoms with E-state index in [9.17, 15) is 14.9 Å². The summed E-state index contributed by atoms with van der Waals surface area (Å²) in [5.41, 5.74) is 2.36. The number of carbonyl (C=O) groups excluding carboxylic acids is 1. The normalized spacial score (nSPS) is 10.6. The number of non-ortho nitro benzene ring substituents is 1. The third-order valence-corrected chi connectivity index (χ3v) is 3.15. The Hall–Kier alpha value is -3.22. The number of pyridine rings is 1. The number of carbonyl (C=O) groups is 1. The number of nitro groups is 1. The molecule has 0 radical (unpaired) electrons. The highest BCUT2D eigenvalue weighted by Gasteiger charge is 2.12. The Labute approximate surface area is 125 Å². The van der Waals surface area contributed by atoms with Crippen LogP contribution < -0.4 is 5.32 Å². The second-order valence-electron chi connectivity index (χ2n) is 4.83. The van der Waals surface area contributed by atoms with Crippen molar-refractivity contribution in [1.82, 2.24) is 9.38 Å². The lowest BCUT2D eigenvalue weighted by Crippen LogP contribution is -2.12. The van der Waals surface area contributed by atoms with Crippen LogP contribution in [-0.4, -0.2) is 20.2 Å². The van der Waals surface area contributed by atoms with E-state index in [1.165, 1.54) is 24.3 Å². The van der Waals surface area contributed by atoms with Gasteiger partial charge in [0.1, 0.15) is 5.65 Å². The van der Waals surface area contributed by atoms with Gasteiger partial charge in [-0.2, -0.15) is 0 Å². The van der Waals surface area contributed by atoms with Crippen LogP contribution in [0.25, 0.3) is 5.65 Å². The number of nitrogens with one attached hydrogen (secondary N) is 1. The van der Waals surface area contributed by atoms with E-state index in [1.807, 2.05) is 13.1 Å². The zero-order valence-corrected chi connectivity index (χ0v) is 11.7. The first-order valence-electron chi connectivity index (χ1n) is 6.54. The number of benzene rings is 1. The van der Waals surface area contributed by atoms with Crippen LogP contribution in [0.3, 0.4) is 0 Å². The quantitative estimate of drug-likeness (QED) is 0.594. The number of amides is 1. The lowest BCUT2D eigenvalue weighted by molar-refractivity contribution is -0.384. The average Bonchev–Trinajstić information content (AvgIpc) is 2.86. The number of nitro benzene ring substituents is 1. The van der Waals surface area contributed by atoms with Crippen molar-refractivity contribution in [2.75, 3.05) is 5.32 Å². The summed E-state index contributed by atoms with van der Waals surface area (Å²) in [7, 11) is 0. The molecule has 0 bridgehead atoms. The standard InChI is InChI=1S/C15H12N4O3/c1-10-8-18-9-12(5-6-14(18)16-10)17-15(20)11-3-2-4-13(7-11)19(21)22/h2-9H,1H3,(H,17,20). The van der Waals surface area contributed by atoms with Crippen LogP contribution in [-0.2, 0) is 0 Å². The summed E-state index contributed by atoms with van der Waals surface area (Å²) in [6.07, 6.45) is 3.59. The minimum absolute atomic E-state index is 0.117. The fourth-order valence-electron chi connectivity index (χ4n) is 2.16. The first-order chi connectivity index (χ1) is 10.5. The predicted molar refractivity (Wildman–Crippen MR) is 81.0 cm³/mol. The number of aryl methyl sites for hydroxylation is 1. The molecule has 1 N–H and O–H groups in total. The van der Waals surface area contributed by atoms with Gasteiger partial charge in [0, 0.05) is 30.1 Å². The minimum atomic E-state index is -0.531. The summed E-state index contributed by atoms with van der Waals surface area (Å²) >= 11 is 0. The topological polar surface area (TPSA) is 89.5 Å². The van der Waals surface area contributed by atoms with Crippen molar-refractivity contribution < 1.29 is 9.72 Å². The van der Waals surface area contributed by atoms with Crippen LogP contribution in [0, 0.1) is 17.0 Å². The molecule has 7 heteroatoms. The molecule has 3 aromatic rings. The van der Waals surface area contributed by atoms with E-state index in [2.05, 4.69) is 10.3 Å². The first-order valence-corrected chi connectivity index (χ1v) is 6.54. The van der Waals surface area contributed by atoms with Gasteiger partial charge < -0.3 is 9.72 Å². The fraction of sp³-hybridized carbons (Fsp3) is 0.0667. The van der Waals surface area contributed by atoms with Crippen molar-refractivity contribution >= 4 is 22.9 Å². The number of anilines is 1. The Morgan fingerprint density at radius 2 is 2.09 bits per heavy atom. The van der Waals surface area contributed by atoms with Crippen LogP contribution in [0.15, 0.2) is 48.8 Å². The molecule has 0 saturated carbocycles. The predicted octanol–water partition coefficient (Wildman–Crippen LogP) is 2.80. The number of fused-ring (bicyclic) bond motifs is 1. The summed E-state index contributed by atoms with van der Waals surface area (Å²) in [5, 5.41) is 13.5. The van der Waals surface area contributed by atoms with Gasteiger partial charge >= 0.3 is 0 Å². The van der Waals surface area contributed by atoms with Gasteiger partial charge in [-0.25, -0.2) is 4.98 Å². The van der Waals surface area contributed by atoms with Gasteiger partial charge in [0.15, 0.2) is 0 Å². The Balaban J connectivity index is 1.86. The molecule has 0 aliphatic rings. The summed E-state index contributed by atoms with van der Waals surface area (Å²) in [6.45, 7) is 1.88. The zero-order valence-electron chi connectivity index (χ0n) is 11.7. The minimum Gasteiger partial charge on any atom is -0.321 e. The summed E-state index contributed by atoms with van der Waals surface area (Å²) < 4.78 is 1.80. The number of nitrogens with zero attached hydrogens (tertiary/aromatic N) is 3. The smallest absolute Gasteiger partial charge is 0.270 e. The molecule has 0 aliphatic carbocycles. The van der Waals surface area contributed by atoms with Crippen molar-refractivity contribution in [3.8, 4) is 0 Å². The molecule has 2 aromatic heterocycles. The van der Waals surface area contributed by atoms with Gasteiger partial charge in [0.25, 0.3) is 11.6 Å². The number of aromatic nitrogens is 2. The van der Waals surface area contributed by atoms with Crippen LogP contribution in [0.1, 0.15) is 16.1 Å². The summed E-state index contributed by atoms with van der Waals surface area (Å²) in [5.74, 6) is -0.403. The highest BCUT2D eigenvalue weighted by atomic mass is 16.6. The largest absolute Gasteiger partial charge is 0.321 e. The maximum absolute atomic E-state index is 12.2. The van der Waals surface area contributed by atoms with E-state index in [4.69, 9.17) is 0 Å². The van der Waals surface area contributed by atoms with Crippen LogP contribution in [0.5, 0.6) is 0 Å². The Morgan fingerprint density at radius 3 is 2.86 bits per heavy atom. The zero-order chi connectivity index (χ0) is 15.7. The summed E-state index contributed by atoms with van der Waals surface area (Å²) in [6, 6.07) is 9.12. The monoisotopic (exact) mass is 296 g/mol. The van der Waals surface area contributed by atoms with Gasteiger partial charge in [-0.3, -0.25) is 14.9 Å². The summed E-state index contributed by atoms with van der Waals surface area (Å²) in [4.78, 5) is 26.7. The van der Waals surface area contributed by atoms with E-state index in [-0.39, 0.29) is 11.3 Å². The van der Waals surface area contributed by atoms with E-state index in [0.717, 1.165) is 11.3 Å². The van der Waals surface area contributed by atoms with E-state index >= 15 is 0 Å². The van der Waals surface area contributed by atoms with Gasteiger partial charge in [-0.1, -0.05) is 6.07 Å². The maximum Gasteiger partial charge on any atom is 0.270 e. The third-order valence-electron chi connectivity index (χ3n) is 3.15. The first kappa shape index (κ1) is 13.7. The third kappa shape index (κ3) is 2.64. The van der Waals surface area contributed by atoms with Crippen molar-refractivity contribution in [1.29, 1.82) is 0 Å². The molecule has 0 atom stereocenters. The molecule has 3 rings (SSSR count). The average molecular weight is 296 g/mol. The van der Waals surface area contributed by atoms with Gasteiger partial charge in [-0.15, -0.1) is 0 Å². The molecule has 110 valence electrons. The molecule has 0 aliphatic heterocycles. The Kier molecular flexibility index (Phi) is 3.30. The Bertz CT molecular complexity index is 885. The maximum atomic E-state index is 12.2. The molecule has 0 unspecified atom stereocenters. The highest BCUT2D eigenvalue weighted by Crippen LogP contribution is 2.16. The molecular formula is C15H12N4O3. The molecule has 0 spiro atoms. The van der Waals surface area contributed by atoms with Crippen molar-refractivity contribution in [2.24, 2.45) is 0 Å². The van der Waals surface area contributed by atoms with Crippen molar-refractivity contribution in [3.63, 3.8) is 0 Å². The lowest BCUT2D eigenvalue weighted by atomic mass is 10.2. The van der Waals surface area contributed by atoms with E-state index in [0.29, 0.717) is 5.69 Å². The number of rotatable bonds is 3. The van der Waals surface area contributed by atoms with Crippen LogP contribution in [0.2, 0.25) is 0 Å². The number of imidazole rings is 1. The fourth-order valence-corrected chi connectivity index (χ4v) is 2.16. The molecule has 2 heterocycles. The van der Waals surface area contributed by atoms with Crippen LogP contribution >= 0.6 is 0 Å². The molecule has 7 nitrogen and oxygen atoms in total. The molecule has 1 amide bonds. The van der Waals surface area contributed by atoms with Gasteiger partial charge in [0.2, 0.25) is 0 Å². The van der Waals surface area contributed by atoms with Crippen molar-refractivity contribution in [2.45, 2.75) is 6.92 Å².